The molecule has 0 aromatic carbocycles. The molecule has 0 N–H and O–H groups in total. The normalized spacial score (nSPS) is 31.5. The molecule has 7 heteroatoms. The summed E-state index contributed by atoms with van der Waals surface area (Å²) in [5, 5.41) is 0. The van der Waals surface area contributed by atoms with Crippen molar-refractivity contribution in [2.45, 2.75) is 56.3 Å². The summed E-state index contributed by atoms with van der Waals surface area (Å²) >= 11 is 0. The van der Waals surface area contributed by atoms with Gasteiger partial charge in [0.1, 0.15) is 0 Å². The van der Waals surface area contributed by atoms with E-state index in [1.165, 1.54) is 4.90 Å². The van der Waals surface area contributed by atoms with Crippen LogP contribution < -0.4 is 0 Å². The molecule has 4 fully saturated rings. The van der Waals surface area contributed by atoms with Crippen molar-refractivity contribution in [1.82, 2.24) is 9.80 Å². The highest BCUT2D eigenvalue weighted by Gasteiger charge is 2.58. The van der Waals surface area contributed by atoms with E-state index in [1.54, 1.807) is 4.90 Å². The minimum Gasteiger partial charge on any atom is -0.371 e. The number of hydrogen-bond donors (Lipinski definition) is 0. The van der Waals surface area contributed by atoms with E-state index < -0.39 is 18.8 Å². The Kier molecular flexibility index (Phi) is 4.07. The number of amides is 1. The first kappa shape index (κ1) is 16.6. The van der Waals surface area contributed by atoms with Gasteiger partial charge >= 0.3 is 6.18 Å². The molecule has 2 saturated heterocycles. The maximum absolute atomic E-state index is 12.9. The van der Waals surface area contributed by atoms with Crippen LogP contribution in [0.4, 0.5) is 13.2 Å². The Morgan fingerprint density at radius 1 is 1.08 bits per heavy atom. The van der Waals surface area contributed by atoms with Gasteiger partial charge in [-0.3, -0.25) is 9.69 Å². The monoisotopic (exact) mass is 346 g/mol. The number of halogens is 3. The van der Waals surface area contributed by atoms with E-state index in [0.29, 0.717) is 50.9 Å². The molecule has 1 unspecified atom stereocenters. The average molecular weight is 346 g/mol. The van der Waals surface area contributed by atoms with Crippen LogP contribution in [-0.2, 0) is 9.53 Å². The lowest BCUT2D eigenvalue weighted by Gasteiger charge is -2.45. The van der Waals surface area contributed by atoms with Gasteiger partial charge in [0.15, 0.2) is 0 Å². The third-order valence-electron chi connectivity index (χ3n) is 6.05. The van der Waals surface area contributed by atoms with Gasteiger partial charge in [0.25, 0.3) is 0 Å². The Labute approximate surface area is 140 Å². The Bertz CT molecular complexity index is 491. The fourth-order valence-electron chi connectivity index (χ4n) is 4.66. The molecule has 24 heavy (non-hydrogen) atoms. The smallest absolute Gasteiger partial charge is 0.371 e. The van der Waals surface area contributed by atoms with Gasteiger partial charge in [-0.05, 0) is 56.9 Å². The molecule has 1 atom stereocenters. The van der Waals surface area contributed by atoms with Crippen molar-refractivity contribution in [3.8, 4) is 0 Å². The Morgan fingerprint density at radius 3 is 2.33 bits per heavy atom. The van der Waals surface area contributed by atoms with Crippen molar-refractivity contribution in [3.63, 3.8) is 0 Å². The predicted molar refractivity (Wildman–Crippen MR) is 81.4 cm³/mol. The molecule has 0 radical (unpaired) electrons. The van der Waals surface area contributed by atoms with E-state index in [0.717, 1.165) is 25.7 Å². The van der Waals surface area contributed by atoms with Crippen LogP contribution in [0, 0.1) is 11.8 Å². The second kappa shape index (κ2) is 5.87. The number of nitrogens with zero attached hydrogens (tertiary/aromatic N) is 2. The maximum Gasteiger partial charge on any atom is 0.401 e. The summed E-state index contributed by atoms with van der Waals surface area (Å²) in [7, 11) is 0. The number of alkyl halides is 3. The second-order valence-corrected chi connectivity index (χ2v) is 7.86. The Morgan fingerprint density at radius 2 is 1.75 bits per heavy atom. The van der Waals surface area contributed by atoms with Crippen LogP contribution in [-0.4, -0.2) is 66.3 Å². The number of likely N-dealkylation sites (tertiary alicyclic amines) is 1. The summed E-state index contributed by atoms with van der Waals surface area (Å²) in [6, 6.07) is -0.610. The summed E-state index contributed by atoms with van der Waals surface area (Å²) in [6.07, 6.45) is 1.56. The lowest BCUT2D eigenvalue weighted by Crippen LogP contribution is -2.59. The zero-order valence-electron chi connectivity index (χ0n) is 13.9. The standard InChI is InChI=1S/C17H25F3N2O2/c18-17(19,20)11-21-7-1-2-14(21)15(23)22-8-9-24-16(10-22,12-3-4-12)13-5-6-13/h12-14H,1-11H2. The third-order valence-corrected chi connectivity index (χ3v) is 6.05. The van der Waals surface area contributed by atoms with E-state index in [4.69, 9.17) is 4.74 Å². The third kappa shape index (κ3) is 3.17. The topological polar surface area (TPSA) is 32.8 Å². The van der Waals surface area contributed by atoms with Crippen LogP contribution in [0.1, 0.15) is 38.5 Å². The van der Waals surface area contributed by atoms with Gasteiger partial charge in [-0.15, -0.1) is 0 Å². The molecule has 0 aromatic rings. The zero-order chi connectivity index (χ0) is 16.9. The molecule has 1 amide bonds. The van der Waals surface area contributed by atoms with Crippen LogP contribution in [0.2, 0.25) is 0 Å². The first-order valence-electron chi connectivity index (χ1n) is 9.12. The van der Waals surface area contributed by atoms with E-state index in [9.17, 15) is 18.0 Å². The predicted octanol–water partition coefficient (Wildman–Crippen LogP) is 2.43. The van der Waals surface area contributed by atoms with E-state index in [-0.39, 0.29) is 11.5 Å². The lowest BCUT2D eigenvalue weighted by atomic mass is 9.89. The van der Waals surface area contributed by atoms with Gasteiger partial charge < -0.3 is 9.64 Å². The summed E-state index contributed by atoms with van der Waals surface area (Å²) in [6.45, 7) is 0.986. The van der Waals surface area contributed by atoms with Crippen molar-refractivity contribution in [2.24, 2.45) is 11.8 Å². The van der Waals surface area contributed by atoms with Gasteiger partial charge in [0.2, 0.25) is 5.91 Å². The average Bonchev–Trinajstić information content (AvgIpc) is 3.43. The van der Waals surface area contributed by atoms with Crippen LogP contribution in [0.25, 0.3) is 0 Å². The Hall–Kier alpha value is -0.820. The molecule has 0 spiro atoms. The van der Waals surface area contributed by atoms with E-state index >= 15 is 0 Å². The molecule has 2 aliphatic carbocycles. The summed E-state index contributed by atoms with van der Waals surface area (Å²) < 4.78 is 44.4. The number of hydrogen-bond acceptors (Lipinski definition) is 3. The van der Waals surface area contributed by atoms with E-state index in [1.807, 2.05) is 0 Å². The molecule has 2 aliphatic heterocycles. The van der Waals surface area contributed by atoms with E-state index in [2.05, 4.69) is 0 Å². The van der Waals surface area contributed by atoms with Gasteiger partial charge in [-0.2, -0.15) is 13.2 Å². The number of morpholine rings is 1. The van der Waals surface area contributed by atoms with Crippen molar-refractivity contribution >= 4 is 5.91 Å². The molecule has 2 heterocycles. The maximum atomic E-state index is 12.9. The van der Waals surface area contributed by atoms with Gasteiger partial charge in [-0.1, -0.05) is 0 Å². The van der Waals surface area contributed by atoms with Gasteiger partial charge in [-0.25, -0.2) is 0 Å². The molecule has 0 bridgehead atoms. The van der Waals surface area contributed by atoms with Gasteiger partial charge in [0.05, 0.1) is 31.3 Å². The molecule has 4 nitrogen and oxygen atoms in total. The summed E-state index contributed by atoms with van der Waals surface area (Å²) in [5.74, 6) is 0.955. The highest BCUT2D eigenvalue weighted by molar-refractivity contribution is 5.82. The summed E-state index contributed by atoms with van der Waals surface area (Å²) in [5.41, 5.74) is -0.207. The van der Waals surface area contributed by atoms with Crippen LogP contribution in [0.5, 0.6) is 0 Å². The lowest BCUT2D eigenvalue weighted by molar-refractivity contribution is -0.169. The van der Waals surface area contributed by atoms with Crippen LogP contribution in [0.15, 0.2) is 0 Å². The molecule has 136 valence electrons. The highest BCUT2D eigenvalue weighted by atomic mass is 19.4. The molecule has 2 saturated carbocycles. The number of rotatable bonds is 4. The minimum absolute atomic E-state index is 0.120. The molecular weight excluding hydrogens is 321 g/mol. The van der Waals surface area contributed by atoms with Crippen molar-refractivity contribution in [2.75, 3.05) is 32.8 Å². The minimum atomic E-state index is -4.25. The molecule has 0 aromatic heterocycles. The summed E-state index contributed by atoms with van der Waals surface area (Å²) in [4.78, 5) is 16.1. The number of ether oxygens (including phenoxy) is 1. The SMILES string of the molecule is O=C(C1CCCN1CC(F)(F)F)N1CCOC(C2CC2)(C2CC2)C1. The quantitative estimate of drug-likeness (QED) is 0.784. The first-order valence-corrected chi connectivity index (χ1v) is 9.12. The van der Waals surface area contributed by atoms with Gasteiger partial charge in [0, 0.05) is 6.54 Å². The Balaban J connectivity index is 1.45. The van der Waals surface area contributed by atoms with Crippen LogP contribution >= 0.6 is 0 Å². The zero-order valence-corrected chi connectivity index (χ0v) is 13.9. The fourth-order valence-corrected chi connectivity index (χ4v) is 4.66. The molecular formula is C17H25F3N2O2. The second-order valence-electron chi connectivity index (χ2n) is 7.86. The molecule has 4 rings (SSSR count). The molecule has 4 aliphatic rings. The first-order chi connectivity index (χ1) is 11.4. The number of carbonyl (C=O) groups excluding carboxylic acids is 1. The largest absolute Gasteiger partial charge is 0.401 e. The van der Waals surface area contributed by atoms with Crippen LogP contribution in [0.3, 0.4) is 0 Å². The van der Waals surface area contributed by atoms with Crippen molar-refractivity contribution in [3.05, 3.63) is 0 Å². The fraction of sp³-hybridized carbons (Fsp3) is 0.941. The number of carbonyl (C=O) groups is 1. The van der Waals surface area contributed by atoms with Crippen molar-refractivity contribution < 1.29 is 22.7 Å². The van der Waals surface area contributed by atoms with Crippen molar-refractivity contribution in [1.29, 1.82) is 0 Å². The highest BCUT2D eigenvalue weighted by Crippen LogP contribution is 2.55.